The van der Waals surface area contributed by atoms with Crippen molar-refractivity contribution >= 4 is 33.1 Å². The van der Waals surface area contributed by atoms with Gasteiger partial charge in [0.1, 0.15) is 0 Å². The van der Waals surface area contributed by atoms with Crippen LogP contribution in [0.5, 0.6) is 0 Å². The Balaban J connectivity index is 1.53. The van der Waals surface area contributed by atoms with Gasteiger partial charge in [-0.25, -0.2) is 4.98 Å². The second-order valence-electron chi connectivity index (χ2n) is 7.34. The Hall–Kier alpha value is -2.31. The van der Waals surface area contributed by atoms with Crippen LogP contribution in [0.25, 0.3) is 21.2 Å². The number of hydrogen-bond acceptors (Lipinski definition) is 5. The number of carbonyl (C=O) groups is 1. The molecule has 0 radical (unpaired) electrons. The van der Waals surface area contributed by atoms with Crippen molar-refractivity contribution in [1.82, 2.24) is 9.97 Å². The predicted octanol–water partition coefficient (Wildman–Crippen LogP) is 4.36. The van der Waals surface area contributed by atoms with Crippen LogP contribution in [-0.2, 0) is 9.53 Å². The zero-order valence-corrected chi connectivity index (χ0v) is 15.7. The summed E-state index contributed by atoms with van der Waals surface area (Å²) in [5.74, 6) is -0.0273. The van der Waals surface area contributed by atoms with Gasteiger partial charge < -0.3 is 10.1 Å². The number of nitrogens with one attached hydrogen (secondary N) is 1. The molecule has 0 bridgehead atoms. The normalized spacial score (nSPS) is 19.4. The Morgan fingerprint density at radius 3 is 3.00 bits per heavy atom. The molecule has 1 atom stereocenters. The number of thiazole rings is 1. The van der Waals surface area contributed by atoms with Crippen LogP contribution < -0.4 is 5.32 Å². The average Bonchev–Trinajstić information content (AvgIpc) is 3.09. The van der Waals surface area contributed by atoms with Crippen molar-refractivity contribution < 1.29 is 9.53 Å². The van der Waals surface area contributed by atoms with Gasteiger partial charge in [-0.2, -0.15) is 0 Å². The number of aromatic nitrogens is 2. The largest absolute Gasteiger partial charge is 0.381 e. The summed E-state index contributed by atoms with van der Waals surface area (Å²) in [7, 11) is 0. The molecular formula is C20H21N3O2S. The fourth-order valence-corrected chi connectivity index (χ4v) is 4.22. The van der Waals surface area contributed by atoms with Gasteiger partial charge in [-0.3, -0.25) is 9.78 Å². The Bertz CT molecular complexity index is 951. The number of nitrogens with zero attached hydrogens (tertiary/aromatic N) is 2. The molecule has 0 spiro atoms. The topological polar surface area (TPSA) is 64.1 Å². The van der Waals surface area contributed by atoms with Crippen molar-refractivity contribution in [3.05, 3.63) is 42.9 Å². The van der Waals surface area contributed by atoms with Crippen LogP contribution in [0, 0.1) is 11.3 Å². The van der Waals surface area contributed by atoms with Gasteiger partial charge in [0.25, 0.3) is 0 Å². The molecule has 2 aromatic heterocycles. The molecule has 5 nitrogen and oxygen atoms in total. The van der Waals surface area contributed by atoms with Crippen LogP contribution in [0.3, 0.4) is 0 Å². The first-order valence-electron chi connectivity index (χ1n) is 8.71. The van der Waals surface area contributed by atoms with Gasteiger partial charge in [0.15, 0.2) is 5.13 Å². The van der Waals surface area contributed by atoms with Gasteiger partial charge in [0.05, 0.1) is 11.5 Å². The number of rotatable bonds is 3. The average molecular weight is 367 g/mol. The van der Waals surface area contributed by atoms with E-state index in [9.17, 15) is 4.79 Å². The van der Waals surface area contributed by atoms with Crippen molar-refractivity contribution in [1.29, 1.82) is 0 Å². The van der Waals surface area contributed by atoms with Crippen molar-refractivity contribution in [2.75, 3.05) is 18.5 Å². The molecule has 3 aromatic rings. The Morgan fingerprint density at radius 2 is 2.15 bits per heavy atom. The van der Waals surface area contributed by atoms with Gasteiger partial charge in [-0.1, -0.05) is 37.3 Å². The van der Waals surface area contributed by atoms with E-state index < -0.39 is 0 Å². The van der Waals surface area contributed by atoms with Crippen molar-refractivity contribution in [2.45, 2.75) is 20.3 Å². The molecule has 1 fully saturated rings. The van der Waals surface area contributed by atoms with Crippen LogP contribution >= 0.6 is 11.3 Å². The number of anilines is 1. The van der Waals surface area contributed by atoms with Gasteiger partial charge in [0.2, 0.25) is 5.91 Å². The molecule has 134 valence electrons. The Labute approximate surface area is 156 Å². The predicted molar refractivity (Wildman–Crippen MR) is 104 cm³/mol. The third kappa shape index (κ3) is 3.34. The summed E-state index contributed by atoms with van der Waals surface area (Å²) in [4.78, 5) is 22.3. The monoisotopic (exact) mass is 367 g/mol. The van der Waals surface area contributed by atoms with E-state index in [1.165, 1.54) is 11.3 Å². The number of hydrogen-bond donors (Lipinski definition) is 1. The maximum atomic E-state index is 12.7. The smallest absolute Gasteiger partial charge is 0.229 e. The van der Waals surface area contributed by atoms with E-state index in [4.69, 9.17) is 4.74 Å². The van der Waals surface area contributed by atoms with Gasteiger partial charge in [-0.15, -0.1) is 0 Å². The number of fused-ring (bicyclic) bond motifs is 1. The molecule has 3 heterocycles. The van der Waals surface area contributed by atoms with Gasteiger partial charge in [-0.05, 0) is 34.9 Å². The first-order chi connectivity index (χ1) is 12.5. The van der Waals surface area contributed by atoms with Gasteiger partial charge in [0, 0.05) is 36.5 Å². The third-order valence-electron chi connectivity index (χ3n) is 4.95. The molecule has 1 unspecified atom stereocenters. The fraction of sp³-hybridized carbons (Fsp3) is 0.350. The molecule has 1 saturated heterocycles. The highest BCUT2D eigenvalue weighted by Gasteiger charge is 2.38. The van der Waals surface area contributed by atoms with E-state index in [0.717, 1.165) is 27.6 Å². The van der Waals surface area contributed by atoms with Gasteiger partial charge >= 0.3 is 0 Å². The van der Waals surface area contributed by atoms with E-state index in [-0.39, 0.29) is 17.2 Å². The van der Waals surface area contributed by atoms with E-state index in [2.05, 4.69) is 47.3 Å². The lowest BCUT2D eigenvalue weighted by Crippen LogP contribution is -2.42. The summed E-state index contributed by atoms with van der Waals surface area (Å²) >= 11 is 1.50. The molecule has 0 aliphatic carbocycles. The summed E-state index contributed by atoms with van der Waals surface area (Å²) in [6, 6.07) is 8.23. The second kappa shape index (κ2) is 6.78. The van der Waals surface area contributed by atoms with Crippen LogP contribution in [-0.4, -0.2) is 29.1 Å². The van der Waals surface area contributed by atoms with Crippen molar-refractivity contribution in [3.63, 3.8) is 0 Å². The molecule has 1 aliphatic heterocycles. The SMILES string of the molecule is CC1(C)COCCC1C(=O)Nc1ncc(-c2ccc3cnccc3c2)s1. The lowest BCUT2D eigenvalue weighted by atomic mass is 9.76. The molecule has 1 N–H and O–H groups in total. The highest BCUT2D eigenvalue weighted by atomic mass is 32.1. The summed E-state index contributed by atoms with van der Waals surface area (Å²) in [5.41, 5.74) is 0.933. The maximum Gasteiger partial charge on any atom is 0.229 e. The summed E-state index contributed by atoms with van der Waals surface area (Å²) in [5, 5.41) is 5.89. The number of amides is 1. The van der Waals surface area contributed by atoms with Crippen LogP contribution in [0.1, 0.15) is 20.3 Å². The van der Waals surface area contributed by atoms with Crippen LogP contribution in [0.2, 0.25) is 0 Å². The molecule has 4 rings (SSSR count). The molecule has 6 heteroatoms. The minimum Gasteiger partial charge on any atom is -0.381 e. The zero-order chi connectivity index (χ0) is 18.1. The van der Waals surface area contributed by atoms with E-state index in [0.29, 0.717) is 18.3 Å². The first-order valence-corrected chi connectivity index (χ1v) is 9.53. The second-order valence-corrected chi connectivity index (χ2v) is 8.37. The highest BCUT2D eigenvalue weighted by molar-refractivity contribution is 7.19. The highest BCUT2D eigenvalue weighted by Crippen LogP contribution is 2.36. The maximum absolute atomic E-state index is 12.7. The number of benzene rings is 1. The van der Waals surface area contributed by atoms with Crippen LogP contribution in [0.4, 0.5) is 5.13 Å². The molecule has 0 saturated carbocycles. The number of ether oxygens (including phenoxy) is 1. The van der Waals surface area contributed by atoms with E-state index >= 15 is 0 Å². The molecule has 1 aromatic carbocycles. The Kier molecular flexibility index (Phi) is 4.46. The number of carbonyl (C=O) groups excluding carboxylic acids is 1. The van der Waals surface area contributed by atoms with Crippen molar-refractivity contribution in [2.24, 2.45) is 11.3 Å². The molecule has 1 amide bonds. The summed E-state index contributed by atoms with van der Waals surface area (Å²) in [6.07, 6.45) is 6.21. The first kappa shape index (κ1) is 17.1. The molecule has 1 aliphatic rings. The van der Waals surface area contributed by atoms with E-state index in [1.807, 2.05) is 18.5 Å². The fourth-order valence-electron chi connectivity index (χ4n) is 3.41. The minimum atomic E-state index is -0.158. The Morgan fingerprint density at radius 1 is 1.27 bits per heavy atom. The van der Waals surface area contributed by atoms with E-state index in [1.54, 1.807) is 6.20 Å². The quantitative estimate of drug-likeness (QED) is 0.747. The molecule has 26 heavy (non-hydrogen) atoms. The number of pyridine rings is 1. The molecular weight excluding hydrogens is 346 g/mol. The van der Waals surface area contributed by atoms with Crippen molar-refractivity contribution in [3.8, 4) is 10.4 Å². The zero-order valence-electron chi connectivity index (χ0n) is 14.9. The minimum absolute atomic E-state index is 0.0313. The summed E-state index contributed by atoms with van der Waals surface area (Å²) in [6.45, 7) is 5.40. The lowest BCUT2D eigenvalue weighted by Gasteiger charge is -2.36. The third-order valence-corrected chi connectivity index (χ3v) is 5.91. The summed E-state index contributed by atoms with van der Waals surface area (Å²) < 4.78 is 5.51. The van der Waals surface area contributed by atoms with Crippen LogP contribution in [0.15, 0.2) is 42.9 Å². The standard InChI is InChI=1S/C20H21N3O2S/c1-20(2)12-25-8-6-16(20)18(24)23-19-22-11-17(26-19)14-3-4-15-10-21-7-5-13(15)9-14/h3-5,7,9-11,16H,6,8,12H2,1-2H3,(H,22,23,24). The lowest BCUT2D eigenvalue weighted by molar-refractivity contribution is -0.130.